The summed E-state index contributed by atoms with van der Waals surface area (Å²) in [5.41, 5.74) is 4.32. The van der Waals surface area contributed by atoms with Gasteiger partial charge in [0.15, 0.2) is 0 Å². The molecular weight excluding hydrogens is 188 g/mol. The first-order valence-corrected chi connectivity index (χ1v) is 5.73. The van der Waals surface area contributed by atoms with Crippen LogP contribution in [0.1, 0.15) is 21.6 Å². The average Bonchev–Trinajstić information content (AvgIpc) is 2.52. The molecule has 0 fully saturated rings. The van der Waals surface area contributed by atoms with Crippen LogP contribution in [0.3, 0.4) is 0 Å². The number of hydrogen-bond donors (Lipinski definition) is 0. The Morgan fingerprint density at radius 2 is 1.79 bits per heavy atom. The zero-order valence-electron chi connectivity index (χ0n) is 8.58. The van der Waals surface area contributed by atoms with E-state index in [4.69, 9.17) is 0 Å². The maximum absolute atomic E-state index is 2.28. The normalized spacial score (nSPS) is 10.4. The molecule has 14 heavy (non-hydrogen) atoms. The molecule has 0 aliphatic rings. The van der Waals surface area contributed by atoms with Gasteiger partial charge in [0.2, 0.25) is 0 Å². The summed E-state index contributed by atoms with van der Waals surface area (Å²) >= 11 is 1.85. The molecular formula is C13H14S. The molecule has 1 heterocycles. The maximum Gasteiger partial charge on any atom is 0.00463 e. The lowest BCUT2D eigenvalue weighted by Gasteiger charge is -2.00. The fourth-order valence-corrected chi connectivity index (χ4v) is 2.44. The second-order valence-electron chi connectivity index (χ2n) is 3.60. The molecule has 1 heteroatoms. The van der Waals surface area contributed by atoms with Crippen molar-refractivity contribution >= 4 is 11.3 Å². The highest BCUT2D eigenvalue weighted by Gasteiger charge is 2.03. The fourth-order valence-electron chi connectivity index (χ4n) is 1.55. The summed E-state index contributed by atoms with van der Waals surface area (Å²) < 4.78 is 0. The van der Waals surface area contributed by atoms with Crippen LogP contribution in [0.25, 0.3) is 0 Å². The Labute approximate surface area is 89.2 Å². The van der Waals surface area contributed by atoms with E-state index in [1.54, 1.807) is 0 Å². The van der Waals surface area contributed by atoms with E-state index in [9.17, 15) is 0 Å². The maximum atomic E-state index is 2.28. The summed E-state index contributed by atoms with van der Waals surface area (Å²) in [6, 6.07) is 10.6. The third-order valence-corrected chi connectivity index (χ3v) is 3.69. The molecule has 0 unspecified atom stereocenters. The van der Waals surface area contributed by atoms with Crippen LogP contribution >= 0.6 is 11.3 Å². The second-order valence-corrected chi connectivity index (χ2v) is 4.69. The van der Waals surface area contributed by atoms with E-state index in [2.05, 4.69) is 49.6 Å². The molecule has 0 saturated carbocycles. The predicted molar refractivity (Wildman–Crippen MR) is 63.0 cm³/mol. The molecule has 0 N–H and O–H groups in total. The Kier molecular flexibility index (Phi) is 2.69. The second kappa shape index (κ2) is 3.97. The zero-order chi connectivity index (χ0) is 9.97. The Morgan fingerprint density at radius 3 is 2.36 bits per heavy atom. The van der Waals surface area contributed by atoms with E-state index in [1.807, 2.05) is 11.3 Å². The SMILES string of the molecule is Cc1scc(Cc2ccccc2)c1C. The molecule has 0 amide bonds. The van der Waals surface area contributed by atoms with Crippen LogP contribution in [0.5, 0.6) is 0 Å². The van der Waals surface area contributed by atoms with E-state index in [0.717, 1.165) is 6.42 Å². The van der Waals surface area contributed by atoms with Crippen LogP contribution in [0.15, 0.2) is 35.7 Å². The number of benzene rings is 1. The summed E-state index contributed by atoms with van der Waals surface area (Å²) in [5.74, 6) is 0. The topological polar surface area (TPSA) is 0 Å². The van der Waals surface area contributed by atoms with Crippen LogP contribution in [-0.4, -0.2) is 0 Å². The van der Waals surface area contributed by atoms with Gasteiger partial charge >= 0.3 is 0 Å². The van der Waals surface area contributed by atoms with Crippen molar-refractivity contribution in [3.8, 4) is 0 Å². The van der Waals surface area contributed by atoms with Crippen molar-refractivity contribution in [2.45, 2.75) is 20.3 Å². The van der Waals surface area contributed by atoms with E-state index in [-0.39, 0.29) is 0 Å². The highest BCUT2D eigenvalue weighted by molar-refractivity contribution is 7.10. The monoisotopic (exact) mass is 202 g/mol. The standard InChI is InChI=1S/C13H14S/c1-10-11(2)14-9-13(10)8-12-6-4-3-5-7-12/h3-7,9H,8H2,1-2H3. The summed E-state index contributed by atoms with van der Waals surface area (Å²) in [5, 5.41) is 2.28. The smallest absolute Gasteiger partial charge is 0.00463 e. The number of aryl methyl sites for hydroxylation is 1. The minimum Gasteiger partial charge on any atom is -0.149 e. The Morgan fingerprint density at radius 1 is 1.07 bits per heavy atom. The average molecular weight is 202 g/mol. The van der Waals surface area contributed by atoms with E-state index in [0.29, 0.717) is 0 Å². The Balaban J connectivity index is 2.23. The highest BCUT2D eigenvalue weighted by atomic mass is 32.1. The van der Waals surface area contributed by atoms with Crippen molar-refractivity contribution in [2.24, 2.45) is 0 Å². The molecule has 2 rings (SSSR count). The minimum absolute atomic E-state index is 1.07. The van der Waals surface area contributed by atoms with Gasteiger partial charge in [0.05, 0.1) is 0 Å². The van der Waals surface area contributed by atoms with Gasteiger partial charge in [0, 0.05) is 4.88 Å². The van der Waals surface area contributed by atoms with E-state index >= 15 is 0 Å². The lowest BCUT2D eigenvalue weighted by atomic mass is 10.0. The third kappa shape index (κ3) is 1.88. The van der Waals surface area contributed by atoms with Gasteiger partial charge in [-0.2, -0.15) is 0 Å². The van der Waals surface area contributed by atoms with Crippen LogP contribution < -0.4 is 0 Å². The number of thiophene rings is 1. The molecule has 1 aromatic carbocycles. The lowest BCUT2D eigenvalue weighted by Crippen LogP contribution is -1.87. The van der Waals surface area contributed by atoms with Crippen molar-refractivity contribution in [3.05, 3.63) is 57.3 Å². The highest BCUT2D eigenvalue weighted by Crippen LogP contribution is 2.22. The third-order valence-electron chi connectivity index (χ3n) is 2.63. The van der Waals surface area contributed by atoms with Gasteiger partial charge in [-0.15, -0.1) is 11.3 Å². The van der Waals surface area contributed by atoms with Gasteiger partial charge < -0.3 is 0 Å². The van der Waals surface area contributed by atoms with Gasteiger partial charge in [-0.3, -0.25) is 0 Å². The van der Waals surface area contributed by atoms with Gasteiger partial charge in [-0.25, -0.2) is 0 Å². The summed E-state index contributed by atoms with van der Waals surface area (Å²) in [7, 11) is 0. The summed E-state index contributed by atoms with van der Waals surface area (Å²) in [6.45, 7) is 4.40. The van der Waals surface area contributed by atoms with Crippen LogP contribution in [0.4, 0.5) is 0 Å². The minimum atomic E-state index is 1.07. The van der Waals surface area contributed by atoms with Crippen LogP contribution in [-0.2, 0) is 6.42 Å². The molecule has 0 aliphatic carbocycles. The first kappa shape index (κ1) is 9.47. The molecule has 1 aromatic heterocycles. The fraction of sp³-hybridized carbons (Fsp3) is 0.231. The first-order chi connectivity index (χ1) is 6.77. The molecule has 2 aromatic rings. The zero-order valence-corrected chi connectivity index (χ0v) is 9.40. The largest absolute Gasteiger partial charge is 0.149 e. The Bertz CT molecular complexity index is 412. The van der Waals surface area contributed by atoms with Gasteiger partial charge in [0.25, 0.3) is 0 Å². The van der Waals surface area contributed by atoms with Crippen LogP contribution in [0.2, 0.25) is 0 Å². The molecule has 0 nitrogen and oxygen atoms in total. The quantitative estimate of drug-likeness (QED) is 0.691. The van der Waals surface area contributed by atoms with Gasteiger partial charge in [0.1, 0.15) is 0 Å². The van der Waals surface area contributed by atoms with Crippen molar-refractivity contribution < 1.29 is 0 Å². The van der Waals surface area contributed by atoms with E-state index in [1.165, 1.54) is 21.6 Å². The molecule has 0 atom stereocenters. The molecule has 0 radical (unpaired) electrons. The molecule has 0 bridgehead atoms. The first-order valence-electron chi connectivity index (χ1n) is 4.85. The molecule has 72 valence electrons. The van der Waals surface area contributed by atoms with Crippen molar-refractivity contribution in [3.63, 3.8) is 0 Å². The van der Waals surface area contributed by atoms with Gasteiger partial charge in [-0.1, -0.05) is 30.3 Å². The molecule has 0 spiro atoms. The van der Waals surface area contributed by atoms with Crippen molar-refractivity contribution in [1.29, 1.82) is 0 Å². The van der Waals surface area contributed by atoms with Gasteiger partial charge in [-0.05, 0) is 42.3 Å². The molecule has 0 aliphatic heterocycles. The molecule has 0 saturated heterocycles. The van der Waals surface area contributed by atoms with Crippen molar-refractivity contribution in [1.82, 2.24) is 0 Å². The Hall–Kier alpha value is -1.08. The predicted octanol–water partition coefficient (Wildman–Crippen LogP) is 3.96. The van der Waals surface area contributed by atoms with E-state index < -0.39 is 0 Å². The van der Waals surface area contributed by atoms with Crippen LogP contribution in [0, 0.1) is 13.8 Å². The number of hydrogen-bond acceptors (Lipinski definition) is 1. The number of rotatable bonds is 2. The summed E-state index contributed by atoms with van der Waals surface area (Å²) in [6.07, 6.45) is 1.07. The lowest BCUT2D eigenvalue weighted by molar-refractivity contribution is 1.17. The van der Waals surface area contributed by atoms with Crippen molar-refractivity contribution in [2.75, 3.05) is 0 Å². The summed E-state index contributed by atoms with van der Waals surface area (Å²) in [4.78, 5) is 1.44.